The number of aryl methyl sites for hydroxylation is 1. The maximum Gasteiger partial charge on any atom is 0.0547 e. The van der Waals surface area contributed by atoms with E-state index in [9.17, 15) is 0 Å². The monoisotopic (exact) mass is 279 g/mol. The number of likely N-dealkylation sites (N-methyl/N-ethyl adjacent to an activating group) is 1. The van der Waals surface area contributed by atoms with Crippen molar-refractivity contribution in [2.75, 3.05) is 24.6 Å². The van der Waals surface area contributed by atoms with Crippen LogP contribution in [0.4, 0.5) is 0 Å². The molecule has 1 aromatic heterocycles. The summed E-state index contributed by atoms with van der Waals surface area (Å²) in [7, 11) is 0. The fourth-order valence-electron chi connectivity index (χ4n) is 2.90. The molecule has 106 valence electrons. The first-order chi connectivity index (χ1) is 9.20. The summed E-state index contributed by atoms with van der Waals surface area (Å²) in [5.74, 6) is 2.46. The zero-order chi connectivity index (χ0) is 13.7. The van der Waals surface area contributed by atoms with Gasteiger partial charge in [-0.3, -0.25) is 9.88 Å². The van der Waals surface area contributed by atoms with E-state index in [4.69, 9.17) is 5.73 Å². The van der Waals surface area contributed by atoms with E-state index in [0.717, 1.165) is 31.0 Å². The highest BCUT2D eigenvalue weighted by atomic mass is 32.2. The molecule has 1 aliphatic heterocycles. The lowest BCUT2D eigenvalue weighted by Gasteiger charge is -2.45. The minimum absolute atomic E-state index is 0.186. The molecule has 0 aliphatic carbocycles. The molecule has 19 heavy (non-hydrogen) atoms. The van der Waals surface area contributed by atoms with Crippen LogP contribution in [0.5, 0.6) is 0 Å². The van der Waals surface area contributed by atoms with Crippen LogP contribution in [0.15, 0.2) is 18.2 Å². The largest absolute Gasteiger partial charge is 0.329 e. The summed E-state index contributed by atoms with van der Waals surface area (Å²) >= 11 is 2.05. The van der Waals surface area contributed by atoms with E-state index in [-0.39, 0.29) is 5.54 Å². The van der Waals surface area contributed by atoms with Gasteiger partial charge < -0.3 is 5.73 Å². The molecule has 0 spiro atoms. The summed E-state index contributed by atoms with van der Waals surface area (Å²) < 4.78 is 0. The van der Waals surface area contributed by atoms with Gasteiger partial charge in [-0.05, 0) is 49.9 Å². The number of hydrogen-bond acceptors (Lipinski definition) is 4. The maximum atomic E-state index is 6.13. The smallest absolute Gasteiger partial charge is 0.0547 e. The van der Waals surface area contributed by atoms with Gasteiger partial charge >= 0.3 is 0 Å². The van der Waals surface area contributed by atoms with Crippen molar-refractivity contribution in [3.05, 3.63) is 29.6 Å². The van der Waals surface area contributed by atoms with E-state index < -0.39 is 0 Å². The molecule has 2 N–H and O–H groups in total. The third-order valence-electron chi connectivity index (χ3n) is 4.15. The van der Waals surface area contributed by atoms with Crippen molar-refractivity contribution < 1.29 is 0 Å². The van der Waals surface area contributed by atoms with Gasteiger partial charge in [-0.15, -0.1) is 0 Å². The lowest BCUT2D eigenvalue weighted by atomic mass is 9.89. The van der Waals surface area contributed by atoms with Crippen LogP contribution >= 0.6 is 11.8 Å². The Morgan fingerprint density at radius 1 is 1.37 bits per heavy atom. The van der Waals surface area contributed by atoms with Crippen molar-refractivity contribution in [2.45, 2.75) is 38.8 Å². The summed E-state index contributed by atoms with van der Waals surface area (Å²) in [4.78, 5) is 7.17. The van der Waals surface area contributed by atoms with Crippen molar-refractivity contribution in [1.29, 1.82) is 0 Å². The molecule has 1 aliphatic rings. The molecule has 0 amide bonds. The molecule has 0 radical (unpaired) electrons. The SMILES string of the molecule is CCN(Cc1cccc(C)n1)C1(CN)CCSCC1. The predicted molar refractivity (Wildman–Crippen MR) is 83.4 cm³/mol. The molecule has 0 unspecified atom stereocenters. The van der Waals surface area contributed by atoms with Gasteiger partial charge in [0.15, 0.2) is 0 Å². The Balaban J connectivity index is 2.14. The van der Waals surface area contributed by atoms with Crippen LogP contribution in [-0.4, -0.2) is 40.0 Å². The molecule has 1 fully saturated rings. The van der Waals surface area contributed by atoms with Crippen LogP contribution in [0, 0.1) is 6.92 Å². The molecule has 2 rings (SSSR count). The predicted octanol–water partition coefficient (Wildman–Crippen LogP) is 2.44. The van der Waals surface area contributed by atoms with E-state index in [0.29, 0.717) is 0 Å². The highest BCUT2D eigenvalue weighted by Crippen LogP contribution is 2.32. The van der Waals surface area contributed by atoms with E-state index >= 15 is 0 Å². The molecule has 3 nitrogen and oxygen atoms in total. The highest BCUT2D eigenvalue weighted by molar-refractivity contribution is 7.99. The number of nitrogens with two attached hydrogens (primary N) is 1. The Bertz CT molecular complexity index is 402. The Hall–Kier alpha value is -0.580. The number of aromatic nitrogens is 1. The van der Waals surface area contributed by atoms with E-state index in [1.165, 1.54) is 24.3 Å². The standard InChI is InChI=1S/C15H25N3S/c1-3-18(11-14-6-4-5-13(2)17-14)15(12-16)7-9-19-10-8-15/h4-6H,3,7-12,16H2,1-2H3. The minimum atomic E-state index is 0.186. The summed E-state index contributed by atoms with van der Waals surface area (Å²) in [6.07, 6.45) is 2.40. The molecule has 0 atom stereocenters. The van der Waals surface area contributed by atoms with Crippen LogP contribution in [0.1, 0.15) is 31.2 Å². The van der Waals surface area contributed by atoms with Crippen LogP contribution in [0.25, 0.3) is 0 Å². The second kappa shape index (κ2) is 6.73. The Kier molecular flexibility index (Phi) is 5.25. The molecule has 1 aromatic rings. The molecule has 0 bridgehead atoms. The molecule has 1 saturated heterocycles. The zero-order valence-electron chi connectivity index (χ0n) is 12.1. The first kappa shape index (κ1) is 14.8. The average molecular weight is 279 g/mol. The first-order valence-corrected chi connectivity index (χ1v) is 8.31. The van der Waals surface area contributed by atoms with Gasteiger partial charge in [0.25, 0.3) is 0 Å². The Morgan fingerprint density at radius 3 is 2.68 bits per heavy atom. The van der Waals surface area contributed by atoms with Crippen LogP contribution in [0.3, 0.4) is 0 Å². The normalized spacial score (nSPS) is 18.7. The van der Waals surface area contributed by atoms with Crippen molar-refractivity contribution in [1.82, 2.24) is 9.88 Å². The quantitative estimate of drug-likeness (QED) is 0.899. The van der Waals surface area contributed by atoms with Gasteiger partial charge in [0.2, 0.25) is 0 Å². The van der Waals surface area contributed by atoms with Crippen molar-refractivity contribution in [3.63, 3.8) is 0 Å². The zero-order valence-corrected chi connectivity index (χ0v) is 12.9. The topological polar surface area (TPSA) is 42.2 Å². The molecule has 4 heteroatoms. The summed E-state index contributed by atoms with van der Waals surface area (Å²) in [6, 6.07) is 6.27. The maximum absolute atomic E-state index is 6.13. The van der Waals surface area contributed by atoms with Crippen LogP contribution in [0.2, 0.25) is 0 Å². The lowest BCUT2D eigenvalue weighted by molar-refractivity contribution is 0.0811. The lowest BCUT2D eigenvalue weighted by Crippen LogP contribution is -2.55. The van der Waals surface area contributed by atoms with Gasteiger partial charge in [-0.1, -0.05) is 13.0 Å². The Morgan fingerprint density at radius 2 is 2.11 bits per heavy atom. The second-order valence-corrected chi connectivity index (χ2v) is 6.55. The molecular weight excluding hydrogens is 254 g/mol. The second-order valence-electron chi connectivity index (χ2n) is 5.33. The third-order valence-corrected chi connectivity index (χ3v) is 5.14. The number of rotatable bonds is 5. The molecule has 0 aromatic carbocycles. The number of pyridine rings is 1. The van der Waals surface area contributed by atoms with Gasteiger partial charge in [0.1, 0.15) is 0 Å². The molecule has 2 heterocycles. The fourth-order valence-corrected chi connectivity index (χ4v) is 4.15. The van der Waals surface area contributed by atoms with Crippen LogP contribution in [-0.2, 0) is 6.54 Å². The van der Waals surface area contributed by atoms with Crippen molar-refractivity contribution in [2.24, 2.45) is 5.73 Å². The molecule has 0 saturated carbocycles. The first-order valence-electron chi connectivity index (χ1n) is 7.15. The Labute approximate surface area is 121 Å². The van der Waals surface area contributed by atoms with Gasteiger partial charge in [-0.25, -0.2) is 0 Å². The van der Waals surface area contributed by atoms with Crippen molar-refractivity contribution >= 4 is 11.8 Å². The van der Waals surface area contributed by atoms with E-state index in [1.807, 2.05) is 0 Å². The van der Waals surface area contributed by atoms with Gasteiger partial charge in [0, 0.05) is 24.3 Å². The number of hydrogen-bond donors (Lipinski definition) is 1. The fraction of sp³-hybridized carbons (Fsp3) is 0.667. The van der Waals surface area contributed by atoms with E-state index in [1.54, 1.807) is 0 Å². The summed E-state index contributed by atoms with van der Waals surface area (Å²) in [5.41, 5.74) is 8.57. The van der Waals surface area contributed by atoms with Gasteiger partial charge in [-0.2, -0.15) is 11.8 Å². The van der Waals surface area contributed by atoms with Gasteiger partial charge in [0.05, 0.1) is 5.69 Å². The number of nitrogens with zero attached hydrogens (tertiary/aromatic N) is 2. The highest BCUT2D eigenvalue weighted by Gasteiger charge is 2.36. The average Bonchev–Trinajstić information content (AvgIpc) is 2.45. The summed E-state index contributed by atoms with van der Waals surface area (Å²) in [6.45, 7) is 7.00. The minimum Gasteiger partial charge on any atom is -0.329 e. The van der Waals surface area contributed by atoms with Crippen LogP contribution < -0.4 is 5.73 Å². The number of thioether (sulfide) groups is 1. The summed E-state index contributed by atoms with van der Waals surface area (Å²) in [5, 5.41) is 0. The molecular formula is C15H25N3S. The van der Waals surface area contributed by atoms with Crippen molar-refractivity contribution in [3.8, 4) is 0 Å². The van der Waals surface area contributed by atoms with E-state index in [2.05, 4.69) is 53.7 Å². The third kappa shape index (κ3) is 3.50.